The number of benzene rings is 5. The van der Waals surface area contributed by atoms with Crippen molar-refractivity contribution in [3.8, 4) is 44.8 Å². The van der Waals surface area contributed by atoms with Crippen molar-refractivity contribution in [3.05, 3.63) is 145 Å². The molecule has 0 radical (unpaired) electrons. The van der Waals surface area contributed by atoms with Crippen LogP contribution in [0.1, 0.15) is 25.0 Å². The smallest absolute Gasteiger partial charge is 0.101 e. The summed E-state index contributed by atoms with van der Waals surface area (Å²) in [4.78, 5) is 0. The predicted molar refractivity (Wildman–Crippen MR) is 167 cm³/mol. The van der Waals surface area contributed by atoms with Crippen molar-refractivity contribution in [2.45, 2.75) is 19.3 Å². The van der Waals surface area contributed by atoms with Crippen LogP contribution in [0.5, 0.6) is 0 Å². The van der Waals surface area contributed by atoms with Gasteiger partial charge in [-0.3, -0.25) is 0 Å². The Morgan fingerprint density at radius 2 is 1.20 bits per heavy atom. The molecule has 0 unspecified atom stereocenters. The van der Waals surface area contributed by atoms with Crippen LogP contribution in [0.3, 0.4) is 0 Å². The standard InChI is InChI=1S/C38H28N2/c1-38(2)32-20-12-11-19-30(32)31-22-21-28(23-33(31)38)35-36(26-15-7-4-8-16-26)39-40-34(25-13-5-3-6-14-25)24-27-17-9-10-18-29(27)37(35)40/h3-24H,1-2H3. The second-order valence-electron chi connectivity index (χ2n) is 11.3. The molecule has 40 heavy (non-hydrogen) atoms. The first kappa shape index (κ1) is 23.0. The van der Waals surface area contributed by atoms with E-state index in [1.165, 1.54) is 44.2 Å². The molecule has 8 rings (SSSR count). The quantitative estimate of drug-likeness (QED) is 0.230. The zero-order valence-electron chi connectivity index (χ0n) is 22.6. The number of hydrogen-bond acceptors (Lipinski definition) is 1. The van der Waals surface area contributed by atoms with Gasteiger partial charge in [-0.2, -0.15) is 5.10 Å². The summed E-state index contributed by atoms with van der Waals surface area (Å²) in [7, 11) is 0. The van der Waals surface area contributed by atoms with Gasteiger partial charge in [0.25, 0.3) is 0 Å². The second kappa shape index (κ2) is 8.53. The minimum absolute atomic E-state index is 0.0743. The Morgan fingerprint density at radius 1 is 0.550 bits per heavy atom. The Morgan fingerprint density at radius 3 is 2.00 bits per heavy atom. The van der Waals surface area contributed by atoms with E-state index in [1.807, 2.05) is 0 Å². The fourth-order valence-electron chi connectivity index (χ4n) is 6.63. The molecule has 0 saturated carbocycles. The maximum atomic E-state index is 5.37. The summed E-state index contributed by atoms with van der Waals surface area (Å²) in [6, 6.07) is 48.0. The molecule has 5 aromatic carbocycles. The summed E-state index contributed by atoms with van der Waals surface area (Å²) in [6.45, 7) is 4.69. The fourth-order valence-corrected chi connectivity index (χ4v) is 6.63. The number of rotatable bonds is 3. The summed E-state index contributed by atoms with van der Waals surface area (Å²) < 4.78 is 2.17. The van der Waals surface area contributed by atoms with Gasteiger partial charge in [-0.25, -0.2) is 4.52 Å². The normalized spacial score (nSPS) is 13.4. The molecule has 7 aromatic rings. The number of pyridine rings is 1. The van der Waals surface area contributed by atoms with E-state index in [9.17, 15) is 0 Å². The molecular weight excluding hydrogens is 484 g/mol. The van der Waals surface area contributed by atoms with Crippen molar-refractivity contribution < 1.29 is 0 Å². The lowest BCUT2D eigenvalue weighted by Crippen LogP contribution is -2.14. The molecule has 0 spiro atoms. The lowest BCUT2D eigenvalue weighted by molar-refractivity contribution is 0.660. The number of fused-ring (bicyclic) bond motifs is 6. The van der Waals surface area contributed by atoms with Crippen LogP contribution in [0.25, 0.3) is 61.1 Å². The summed E-state index contributed by atoms with van der Waals surface area (Å²) in [5, 5.41) is 7.79. The van der Waals surface area contributed by atoms with Crippen LogP contribution in [0.15, 0.2) is 133 Å². The Hall–Kier alpha value is -4.95. The Kier molecular flexibility index (Phi) is 4.90. The van der Waals surface area contributed by atoms with E-state index in [4.69, 9.17) is 5.10 Å². The third-order valence-electron chi connectivity index (χ3n) is 8.61. The van der Waals surface area contributed by atoms with Crippen LogP contribution in [0.2, 0.25) is 0 Å². The molecule has 0 N–H and O–H groups in total. The SMILES string of the molecule is CC1(C)c2ccccc2-c2ccc(-c3c(-c4ccccc4)nn4c(-c5ccccc5)cc5ccccc5c34)cc21. The van der Waals surface area contributed by atoms with E-state index in [0.29, 0.717) is 0 Å². The zero-order chi connectivity index (χ0) is 26.8. The van der Waals surface area contributed by atoms with E-state index in [2.05, 4.69) is 152 Å². The Labute approximate surface area is 234 Å². The van der Waals surface area contributed by atoms with Crippen LogP contribution < -0.4 is 0 Å². The first-order valence-electron chi connectivity index (χ1n) is 13.9. The Bertz CT molecular complexity index is 2060. The molecule has 190 valence electrons. The van der Waals surface area contributed by atoms with Crippen LogP contribution in [0, 0.1) is 0 Å². The molecule has 0 bridgehead atoms. The molecule has 2 heterocycles. The predicted octanol–water partition coefficient (Wildman–Crippen LogP) is 9.79. The zero-order valence-corrected chi connectivity index (χ0v) is 22.6. The van der Waals surface area contributed by atoms with E-state index in [-0.39, 0.29) is 5.41 Å². The molecule has 0 saturated heterocycles. The van der Waals surface area contributed by atoms with Crippen LogP contribution in [-0.4, -0.2) is 9.61 Å². The maximum Gasteiger partial charge on any atom is 0.101 e. The van der Waals surface area contributed by atoms with Crippen LogP contribution >= 0.6 is 0 Å². The number of hydrogen-bond donors (Lipinski definition) is 0. The van der Waals surface area contributed by atoms with E-state index >= 15 is 0 Å². The molecule has 2 aromatic heterocycles. The van der Waals surface area contributed by atoms with Crippen molar-refractivity contribution in [2.24, 2.45) is 0 Å². The van der Waals surface area contributed by atoms with Gasteiger partial charge >= 0.3 is 0 Å². The lowest BCUT2D eigenvalue weighted by Gasteiger charge is -2.22. The maximum absolute atomic E-state index is 5.37. The summed E-state index contributed by atoms with van der Waals surface area (Å²) in [5.74, 6) is 0. The highest BCUT2D eigenvalue weighted by atomic mass is 15.2. The van der Waals surface area contributed by atoms with Gasteiger partial charge in [0.15, 0.2) is 0 Å². The van der Waals surface area contributed by atoms with Gasteiger partial charge in [0, 0.05) is 27.5 Å². The third-order valence-corrected chi connectivity index (χ3v) is 8.61. The molecular formula is C38H28N2. The largest absolute Gasteiger partial charge is 0.231 e. The minimum atomic E-state index is -0.0743. The van der Waals surface area contributed by atoms with E-state index in [1.54, 1.807) is 0 Å². The van der Waals surface area contributed by atoms with Crippen LogP contribution in [0.4, 0.5) is 0 Å². The van der Waals surface area contributed by atoms with Gasteiger partial charge in [0.2, 0.25) is 0 Å². The average molecular weight is 513 g/mol. The summed E-state index contributed by atoms with van der Waals surface area (Å²) >= 11 is 0. The molecule has 1 aliphatic carbocycles. The third kappa shape index (κ3) is 3.26. The number of aromatic nitrogens is 2. The molecule has 0 aliphatic heterocycles. The van der Waals surface area contributed by atoms with Crippen molar-refractivity contribution in [1.29, 1.82) is 0 Å². The highest BCUT2D eigenvalue weighted by molar-refractivity contribution is 6.08. The molecule has 2 nitrogen and oxygen atoms in total. The fraction of sp³-hybridized carbons (Fsp3) is 0.0789. The van der Waals surface area contributed by atoms with E-state index < -0.39 is 0 Å². The summed E-state index contributed by atoms with van der Waals surface area (Å²) in [6.07, 6.45) is 0. The van der Waals surface area contributed by atoms with Gasteiger partial charge in [0.1, 0.15) is 5.69 Å². The van der Waals surface area contributed by atoms with E-state index in [0.717, 1.165) is 28.0 Å². The highest BCUT2D eigenvalue weighted by Crippen LogP contribution is 2.50. The second-order valence-corrected chi connectivity index (χ2v) is 11.3. The van der Waals surface area contributed by atoms with Gasteiger partial charge < -0.3 is 0 Å². The lowest BCUT2D eigenvalue weighted by atomic mass is 9.81. The number of nitrogens with zero attached hydrogens (tertiary/aromatic N) is 2. The van der Waals surface area contributed by atoms with Crippen molar-refractivity contribution in [1.82, 2.24) is 9.61 Å². The van der Waals surface area contributed by atoms with Gasteiger partial charge in [-0.1, -0.05) is 135 Å². The molecule has 0 fully saturated rings. The minimum Gasteiger partial charge on any atom is -0.231 e. The van der Waals surface area contributed by atoms with Crippen molar-refractivity contribution in [3.63, 3.8) is 0 Å². The average Bonchev–Trinajstić information content (AvgIpc) is 3.52. The van der Waals surface area contributed by atoms with Gasteiger partial charge in [0.05, 0.1) is 11.2 Å². The van der Waals surface area contributed by atoms with Crippen LogP contribution in [-0.2, 0) is 5.41 Å². The topological polar surface area (TPSA) is 17.3 Å². The first-order valence-corrected chi connectivity index (χ1v) is 13.9. The molecule has 2 heteroatoms. The molecule has 0 amide bonds. The van der Waals surface area contributed by atoms with Gasteiger partial charge in [-0.15, -0.1) is 0 Å². The molecule has 1 aliphatic rings. The Balaban J connectivity index is 1.50. The van der Waals surface area contributed by atoms with Crippen molar-refractivity contribution >= 4 is 16.3 Å². The highest BCUT2D eigenvalue weighted by Gasteiger charge is 2.35. The molecule has 0 atom stereocenters. The first-order chi connectivity index (χ1) is 19.6. The summed E-state index contributed by atoms with van der Waals surface area (Å²) in [5.41, 5.74) is 13.2. The van der Waals surface area contributed by atoms with Crippen molar-refractivity contribution in [2.75, 3.05) is 0 Å². The monoisotopic (exact) mass is 512 g/mol. The van der Waals surface area contributed by atoms with Gasteiger partial charge in [-0.05, 0) is 45.3 Å².